The average Bonchev–Trinajstić information content (AvgIpc) is 3.14. The highest BCUT2D eigenvalue weighted by atomic mass is 19.1. The van der Waals surface area contributed by atoms with Crippen LogP contribution in [0.3, 0.4) is 0 Å². The van der Waals surface area contributed by atoms with Gasteiger partial charge in [0.2, 0.25) is 0 Å². The molecule has 6 rings (SSSR count). The Bertz CT molecular complexity index is 1490. The van der Waals surface area contributed by atoms with Crippen LogP contribution in [-0.4, -0.2) is 21.7 Å². The lowest BCUT2D eigenvalue weighted by Crippen LogP contribution is -2.52. The zero-order valence-corrected chi connectivity index (χ0v) is 17.7. The number of aromatic nitrogens is 1. The van der Waals surface area contributed by atoms with Crippen molar-refractivity contribution in [1.82, 2.24) is 4.57 Å². The van der Waals surface area contributed by atoms with Crippen LogP contribution in [-0.2, 0) is 28.1 Å². The van der Waals surface area contributed by atoms with Gasteiger partial charge in [0, 0.05) is 28.4 Å². The lowest BCUT2D eigenvalue weighted by molar-refractivity contribution is -0.160. The summed E-state index contributed by atoms with van der Waals surface area (Å²) in [5, 5.41) is 15.0. The summed E-state index contributed by atoms with van der Waals surface area (Å²) in [7, 11) is 0. The van der Waals surface area contributed by atoms with E-state index in [1.165, 1.54) is 6.07 Å². The third-order valence-electron chi connectivity index (χ3n) is 7.37. The van der Waals surface area contributed by atoms with Gasteiger partial charge in [-0.2, -0.15) is 0 Å². The van der Waals surface area contributed by atoms with Crippen LogP contribution in [0.2, 0.25) is 0 Å². The minimum Gasteiger partial charge on any atom is -0.431 e. The molecule has 0 saturated carbocycles. The molecule has 1 unspecified atom stereocenters. The Hall–Kier alpha value is -3.23. The Morgan fingerprint density at radius 2 is 2.16 bits per heavy atom. The summed E-state index contributed by atoms with van der Waals surface area (Å²) < 4.78 is 21.3. The summed E-state index contributed by atoms with van der Waals surface area (Å²) in [6.45, 7) is 3.74. The van der Waals surface area contributed by atoms with E-state index in [2.05, 4.69) is 5.32 Å². The van der Waals surface area contributed by atoms with E-state index in [-0.39, 0.29) is 34.6 Å². The topological polar surface area (TPSA) is 107 Å². The minimum absolute atomic E-state index is 0.0633. The van der Waals surface area contributed by atoms with Gasteiger partial charge in [0.05, 0.1) is 22.8 Å². The van der Waals surface area contributed by atoms with E-state index in [0.717, 1.165) is 28.5 Å². The Labute approximate surface area is 182 Å². The average molecular weight is 435 g/mol. The first kappa shape index (κ1) is 19.5. The van der Waals surface area contributed by atoms with Crippen molar-refractivity contribution < 1.29 is 19.0 Å². The second-order valence-electron chi connectivity index (χ2n) is 8.91. The number of cyclic esters (lactones) is 1. The molecule has 0 amide bonds. The summed E-state index contributed by atoms with van der Waals surface area (Å²) in [5.41, 5.74) is 10.1. The first-order valence-corrected chi connectivity index (χ1v) is 10.8. The number of hydrogen-bond donors (Lipinski definition) is 3. The zero-order chi connectivity index (χ0) is 22.5. The maximum Gasteiger partial charge on any atom is 0.347 e. The summed E-state index contributed by atoms with van der Waals surface area (Å²) >= 11 is 0. The van der Waals surface area contributed by atoms with E-state index in [1.54, 1.807) is 24.5 Å². The second kappa shape index (κ2) is 6.17. The smallest absolute Gasteiger partial charge is 0.347 e. The van der Waals surface area contributed by atoms with Crippen molar-refractivity contribution in [3.8, 4) is 0 Å². The monoisotopic (exact) mass is 435 g/mol. The normalized spacial score (nSPS) is 24.7. The van der Waals surface area contributed by atoms with E-state index >= 15 is 0 Å². The van der Waals surface area contributed by atoms with Gasteiger partial charge in [0.25, 0.3) is 5.56 Å². The van der Waals surface area contributed by atoms with Crippen molar-refractivity contribution in [3.05, 3.63) is 66.7 Å². The third kappa shape index (κ3) is 2.21. The van der Waals surface area contributed by atoms with Crippen molar-refractivity contribution in [2.24, 2.45) is 5.73 Å². The van der Waals surface area contributed by atoms with Crippen molar-refractivity contribution in [3.63, 3.8) is 0 Å². The van der Waals surface area contributed by atoms with Gasteiger partial charge < -0.3 is 25.5 Å². The van der Waals surface area contributed by atoms with Crippen LogP contribution in [0.5, 0.6) is 0 Å². The van der Waals surface area contributed by atoms with Crippen LogP contribution < -0.4 is 27.2 Å². The molecule has 4 aliphatic rings. The maximum absolute atomic E-state index is 14.7. The number of nitrogens with zero attached hydrogens (tertiary/aromatic N) is 1. The zero-order valence-electron chi connectivity index (χ0n) is 17.7. The van der Waals surface area contributed by atoms with Crippen molar-refractivity contribution in [2.75, 3.05) is 5.32 Å². The van der Waals surface area contributed by atoms with E-state index < -0.39 is 11.6 Å². The van der Waals surface area contributed by atoms with Gasteiger partial charge in [0.1, 0.15) is 12.1 Å². The Balaban J connectivity index is 1.71. The van der Waals surface area contributed by atoms with Crippen LogP contribution in [0.4, 0.5) is 10.1 Å². The number of hydrogen-bond acceptors (Lipinski definition) is 6. The number of fused-ring (bicyclic) bond motifs is 3. The fourth-order valence-electron chi connectivity index (χ4n) is 5.55. The molecule has 0 fully saturated rings. The highest BCUT2D eigenvalue weighted by molar-refractivity contribution is 6.00. The quantitative estimate of drug-likeness (QED) is 0.562. The van der Waals surface area contributed by atoms with E-state index in [4.69, 9.17) is 10.5 Å². The molecule has 0 bridgehead atoms. The number of nitrogens with two attached hydrogens (primary N) is 1. The molecule has 1 aliphatic carbocycles. The standard InChI is InChI=1S/C24H22FN3O4/c1-3-24(31)14-6-18-21-12(8-28(18)22(29)13(14)9-32-23(24)30)19-16(26)5-4-11-10(2)15(25)7-17(27-21)20(11)19/h6-7,9,16,27,31H,3-5,8,26H2,1-2H3/t16?,24-/m0/s1. The number of aliphatic hydroxyl groups is 1. The predicted octanol–water partition coefficient (Wildman–Crippen LogP) is 0.463. The van der Waals surface area contributed by atoms with Crippen LogP contribution in [0, 0.1) is 12.7 Å². The minimum atomic E-state index is -1.90. The first-order chi connectivity index (χ1) is 15.3. The molecule has 2 aromatic rings. The highest BCUT2D eigenvalue weighted by Crippen LogP contribution is 2.46. The van der Waals surface area contributed by atoms with Crippen molar-refractivity contribution in [1.29, 1.82) is 0 Å². The SMILES string of the molecule is CC[C@@]1(O)C(=O)OC=c2c1cc1n(c2=O)CC2=C3c4c(cc(F)c(C)c4CCC3N)NC=12. The van der Waals surface area contributed by atoms with E-state index in [9.17, 15) is 19.1 Å². The number of benzene rings is 1. The summed E-state index contributed by atoms with van der Waals surface area (Å²) in [5.74, 6) is -1.10. The summed E-state index contributed by atoms with van der Waals surface area (Å²) in [6, 6.07) is 2.91. The fourth-order valence-corrected chi connectivity index (χ4v) is 5.55. The number of anilines is 1. The van der Waals surface area contributed by atoms with Crippen LogP contribution in [0.1, 0.15) is 42.0 Å². The number of pyridine rings is 1. The predicted molar refractivity (Wildman–Crippen MR) is 116 cm³/mol. The molecule has 0 saturated heterocycles. The van der Waals surface area contributed by atoms with Crippen molar-refractivity contribution in [2.45, 2.75) is 51.3 Å². The first-order valence-electron chi connectivity index (χ1n) is 10.8. The van der Waals surface area contributed by atoms with Crippen molar-refractivity contribution >= 4 is 29.2 Å². The molecular formula is C24H22FN3O4. The van der Waals surface area contributed by atoms with Crippen LogP contribution in [0.25, 0.3) is 17.5 Å². The van der Waals surface area contributed by atoms with Gasteiger partial charge in [0.15, 0.2) is 5.60 Å². The number of ether oxygens (including phenoxy) is 1. The Kier molecular flexibility index (Phi) is 3.75. The third-order valence-corrected chi connectivity index (χ3v) is 7.37. The van der Waals surface area contributed by atoms with Crippen LogP contribution >= 0.6 is 0 Å². The molecule has 4 heterocycles. The number of esters is 1. The maximum atomic E-state index is 14.7. The molecule has 0 spiro atoms. The largest absolute Gasteiger partial charge is 0.431 e. The number of nitrogens with one attached hydrogen (secondary N) is 1. The Morgan fingerprint density at radius 1 is 1.38 bits per heavy atom. The number of carbonyl (C=O) groups excluding carboxylic acids is 1. The summed E-state index contributed by atoms with van der Waals surface area (Å²) in [4.78, 5) is 25.7. The van der Waals surface area contributed by atoms with Gasteiger partial charge in [-0.3, -0.25) is 4.79 Å². The fraction of sp³-hybridized carbons (Fsp3) is 0.333. The molecule has 4 N–H and O–H groups in total. The molecule has 8 heteroatoms. The number of carbonyl (C=O) groups is 1. The number of rotatable bonds is 1. The van der Waals surface area contributed by atoms with E-state index in [1.807, 2.05) is 0 Å². The van der Waals surface area contributed by atoms with Gasteiger partial charge >= 0.3 is 5.97 Å². The molecule has 7 nitrogen and oxygen atoms in total. The molecular weight excluding hydrogens is 413 g/mol. The Morgan fingerprint density at radius 3 is 2.91 bits per heavy atom. The molecule has 1 aromatic heterocycles. The highest BCUT2D eigenvalue weighted by Gasteiger charge is 2.43. The lowest BCUT2D eigenvalue weighted by atomic mass is 9.77. The van der Waals surface area contributed by atoms with Crippen LogP contribution in [0.15, 0.2) is 22.5 Å². The molecule has 32 heavy (non-hydrogen) atoms. The molecule has 2 atom stereocenters. The lowest BCUT2D eigenvalue weighted by Gasteiger charge is -2.34. The van der Waals surface area contributed by atoms with E-state index in [0.29, 0.717) is 41.7 Å². The number of halogens is 1. The molecule has 164 valence electrons. The van der Waals surface area contributed by atoms with Gasteiger partial charge in [-0.1, -0.05) is 6.92 Å². The van der Waals surface area contributed by atoms with Gasteiger partial charge in [-0.25, -0.2) is 9.18 Å². The molecule has 3 aliphatic heterocycles. The second-order valence-corrected chi connectivity index (χ2v) is 8.91. The van der Waals surface area contributed by atoms with Gasteiger partial charge in [-0.15, -0.1) is 0 Å². The van der Waals surface area contributed by atoms with Gasteiger partial charge in [-0.05, 0) is 55.0 Å². The molecule has 0 radical (unpaired) electrons. The molecule has 1 aromatic carbocycles. The summed E-state index contributed by atoms with van der Waals surface area (Å²) in [6.07, 6.45) is 2.57.